The first-order chi connectivity index (χ1) is 15.0. The number of fused-ring (bicyclic) bond motifs is 1. The van der Waals surface area contributed by atoms with Crippen LogP contribution in [0.2, 0.25) is 0 Å². The normalized spacial score (nSPS) is 19.4. The molecule has 3 heterocycles. The number of nitrogens with zero attached hydrogens (tertiary/aromatic N) is 4. The lowest BCUT2D eigenvalue weighted by atomic mass is 9.76. The molecule has 0 N–H and O–H groups in total. The molecule has 1 aromatic heterocycles. The molecule has 0 bridgehead atoms. The topological polar surface area (TPSA) is 75.6 Å². The molecule has 1 atom stereocenters. The molecule has 1 aromatic carbocycles. The second-order valence-corrected chi connectivity index (χ2v) is 8.42. The molecule has 1 spiro atoms. The molecule has 164 valence electrons. The Labute approximate surface area is 183 Å². The fourth-order valence-corrected chi connectivity index (χ4v) is 4.87. The number of carbonyl (C=O) groups is 2. The van der Waals surface area contributed by atoms with E-state index in [1.807, 2.05) is 41.8 Å². The van der Waals surface area contributed by atoms with E-state index >= 15 is 0 Å². The number of para-hydroxylation sites is 1. The van der Waals surface area contributed by atoms with Crippen molar-refractivity contribution in [3.63, 3.8) is 0 Å². The van der Waals surface area contributed by atoms with Crippen molar-refractivity contribution in [2.24, 2.45) is 0 Å². The monoisotopic (exact) mass is 422 g/mol. The van der Waals surface area contributed by atoms with E-state index in [2.05, 4.69) is 16.3 Å². The van der Waals surface area contributed by atoms with Crippen molar-refractivity contribution in [2.45, 2.75) is 51.0 Å². The van der Waals surface area contributed by atoms with E-state index < -0.39 is 0 Å². The molecule has 31 heavy (non-hydrogen) atoms. The maximum Gasteiger partial charge on any atom is 0.255 e. The Bertz CT molecular complexity index is 921. The third kappa shape index (κ3) is 4.40. The number of hydrogen-bond donors (Lipinski definition) is 0. The van der Waals surface area contributed by atoms with Gasteiger partial charge in [0.25, 0.3) is 5.91 Å². The molecule has 2 amide bonds. The molecular formula is C24H30N4O3. The molecule has 1 saturated heterocycles. The maximum atomic E-state index is 12.9. The van der Waals surface area contributed by atoms with Crippen molar-refractivity contribution in [3.05, 3.63) is 53.9 Å². The Morgan fingerprint density at radius 1 is 1.13 bits per heavy atom. The summed E-state index contributed by atoms with van der Waals surface area (Å²) in [5, 5.41) is 7.56. The third-order valence-corrected chi connectivity index (χ3v) is 6.63. The summed E-state index contributed by atoms with van der Waals surface area (Å²) in [7, 11) is 0. The van der Waals surface area contributed by atoms with Gasteiger partial charge in [-0.2, -0.15) is 10.2 Å². The smallest absolute Gasteiger partial charge is 0.255 e. The van der Waals surface area contributed by atoms with Crippen LogP contribution >= 0.6 is 0 Å². The van der Waals surface area contributed by atoms with E-state index in [1.165, 1.54) is 12.4 Å². The molecule has 7 heteroatoms. The minimum absolute atomic E-state index is 0.0192. The van der Waals surface area contributed by atoms with Crippen molar-refractivity contribution >= 4 is 11.8 Å². The number of amides is 2. The van der Waals surface area contributed by atoms with Crippen LogP contribution in [0.15, 0.2) is 42.7 Å². The number of aromatic nitrogens is 2. The third-order valence-electron chi connectivity index (χ3n) is 6.63. The zero-order valence-electron chi connectivity index (χ0n) is 18.3. The average Bonchev–Trinajstić information content (AvgIpc) is 2.80. The summed E-state index contributed by atoms with van der Waals surface area (Å²) in [6.07, 6.45) is 5.85. The molecule has 2 aliphatic rings. The summed E-state index contributed by atoms with van der Waals surface area (Å²) >= 11 is 0. The van der Waals surface area contributed by atoms with Crippen LogP contribution in [0.5, 0.6) is 5.75 Å². The highest BCUT2D eigenvalue weighted by Crippen LogP contribution is 2.46. The predicted molar refractivity (Wildman–Crippen MR) is 117 cm³/mol. The minimum atomic E-state index is -0.337. The lowest BCUT2D eigenvalue weighted by molar-refractivity contribution is -0.131. The van der Waals surface area contributed by atoms with Crippen molar-refractivity contribution in [1.29, 1.82) is 0 Å². The first-order valence-electron chi connectivity index (χ1n) is 11.2. The first kappa shape index (κ1) is 21.3. The number of piperidine rings is 1. The number of likely N-dealkylation sites (tertiary alicyclic amines) is 1. The number of rotatable bonds is 5. The summed E-state index contributed by atoms with van der Waals surface area (Å²) in [5.41, 5.74) is 1.34. The zero-order valence-corrected chi connectivity index (χ0v) is 18.3. The van der Waals surface area contributed by atoms with Crippen molar-refractivity contribution in [2.75, 3.05) is 26.2 Å². The molecular weight excluding hydrogens is 392 g/mol. The van der Waals surface area contributed by atoms with E-state index in [9.17, 15) is 9.59 Å². The van der Waals surface area contributed by atoms with Gasteiger partial charge in [-0.15, -0.1) is 0 Å². The number of ether oxygens (including phenoxy) is 1. The van der Waals surface area contributed by atoms with Crippen LogP contribution < -0.4 is 4.74 Å². The fraction of sp³-hybridized carbons (Fsp3) is 0.500. The van der Waals surface area contributed by atoms with E-state index in [-0.39, 0.29) is 23.3 Å². The largest absolute Gasteiger partial charge is 0.487 e. The summed E-state index contributed by atoms with van der Waals surface area (Å²) in [6, 6.07) is 9.78. The summed E-state index contributed by atoms with van der Waals surface area (Å²) in [6.45, 7) is 6.75. The van der Waals surface area contributed by atoms with Crippen LogP contribution in [0.1, 0.15) is 61.4 Å². The van der Waals surface area contributed by atoms with Crippen LogP contribution in [0, 0.1) is 0 Å². The summed E-state index contributed by atoms with van der Waals surface area (Å²) < 4.78 is 6.53. The Balaban J connectivity index is 1.50. The first-order valence-corrected chi connectivity index (χ1v) is 11.2. The predicted octanol–water partition coefficient (Wildman–Crippen LogP) is 3.28. The Hall–Kier alpha value is -2.96. The van der Waals surface area contributed by atoms with Crippen molar-refractivity contribution < 1.29 is 14.3 Å². The second kappa shape index (κ2) is 9.04. The van der Waals surface area contributed by atoms with Gasteiger partial charge in [0.05, 0.1) is 18.0 Å². The van der Waals surface area contributed by atoms with Crippen LogP contribution in [0.4, 0.5) is 0 Å². The highest BCUT2D eigenvalue weighted by Gasteiger charge is 2.44. The van der Waals surface area contributed by atoms with Gasteiger partial charge in [-0.05, 0) is 38.0 Å². The van der Waals surface area contributed by atoms with E-state index in [0.29, 0.717) is 25.1 Å². The van der Waals surface area contributed by atoms with Gasteiger partial charge in [0.1, 0.15) is 11.4 Å². The molecule has 2 aromatic rings. The molecule has 1 fully saturated rings. The van der Waals surface area contributed by atoms with Crippen LogP contribution in [0.3, 0.4) is 0 Å². The number of hydrogen-bond acceptors (Lipinski definition) is 5. The molecule has 0 saturated carbocycles. The number of benzene rings is 1. The minimum Gasteiger partial charge on any atom is -0.487 e. The van der Waals surface area contributed by atoms with E-state index in [1.54, 1.807) is 6.07 Å². The lowest BCUT2D eigenvalue weighted by Crippen LogP contribution is -2.52. The van der Waals surface area contributed by atoms with Gasteiger partial charge in [-0.3, -0.25) is 9.59 Å². The van der Waals surface area contributed by atoms with Gasteiger partial charge in [0.2, 0.25) is 5.91 Å². The molecule has 0 aliphatic carbocycles. The standard InChI is InChI=1S/C24H30N4O3/c1-3-27(4-2)22(29)15-19-16-24(31-21-8-6-5-7-20(19)21)10-13-28(14-11-24)23(30)18-9-12-25-26-17-18/h5-9,12,17,19H,3-4,10-11,13-16H2,1-2H3/t19-/m0/s1. The van der Waals surface area contributed by atoms with Crippen LogP contribution in [-0.2, 0) is 4.79 Å². The fourth-order valence-electron chi connectivity index (χ4n) is 4.87. The van der Waals surface area contributed by atoms with Crippen LogP contribution in [-0.4, -0.2) is 63.6 Å². The quantitative estimate of drug-likeness (QED) is 0.739. The lowest BCUT2D eigenvalue weighted by Gasteiger charge is -2.47. The van der Waals surface area contributed by atoms with Gasteiger partial charge >= 0.3 is 0 Å². The van der Waals surface area contributed by atoms with Gasteiger partial charge < -0.3 is 14.5 Å². The average molecular weight is 423 g/mol. The van der Waals surface area contributed by atoms with Gasteiger partial charge in [-0.25, -0.2) is 0 Å². The van der Waals surface area contributed by atoms with Gasteiger partial charge in [0, 0.05) is 51.4 Å². The summed E-state index contributed by atoms with van der Waals surface area (Å²) in [4.78, 5) is 29.4. The van der Waals surface area contributed by atoms with Gasteiger partial charge in [-0.1, -0.05) is 18.2 Å². The molecule has 0 radical (unpaired) electrons. The molecule has 7 nitrogen and oxygen atoms in total. The Morgan fingerprint density at radius 2 is 1.87 bits per heavy atom. The van der Waals surface area contributed by atoms with E-state index in [4.69, 9.17) is 4.74 Å². The highest BCUT2D eigenvalue weighted by molar-refractivity contribution is 5.93. The summed E-state index contributed by atoms with van der Waals surface area (Å²) in [5.74, 6) is 1.18. The molecule has 0 unspecified atom stereocenters. The van der Waals surface area contributed by atoms with Gasteiger partial charge in [0.15, 0.2) is 0 Å². The highest BCUT2D eigenvalue weighted by atomic mass is 16.5. The van der Waals surface area contributed by atoms with Crippen molar-refractivity contribution in [1.82, 2.24) is 20.0 Å². The van der Waals surface area contributed by atoms with Crippen molar-refractivity contribution in [3.8, 4) is 5.75 Å². The van der Waals surface area contributed by atoms with Crippen LogP contribution in [0.25, 0.3) is 0 Å². The maximum absolute atomic E-state index is 12.9. The SMILES string of the molecule is CCN(CC)C(=O)C[C@H]1CC2(CCN(C(=O)c3ccnnc3)CC2)Oc2ccccc21. The Morgan fingerprint density at radius 3 is 2.55 bits per heavy atom. The molecule has 2 aliphatic heterocycles. The Kier molecular flexibility index (Phi) is 6.20. The zero-order chi connectivity index (χ0) is 21.8. The number of carbonyl (C=O) groups excluding carboxylic acids is 2. The van der Waals surface area contributed by atoms with E-state index in [0.717, 1.165) is 43.7 Å². The second-order valence-electron chi connectivity index (χ2n) is 8.42. The molecule has 4 rings (SSSR count).